The van der Waals surface area contributed by atoms with Crippen LogP contribution < -0.4 is 16.4 Å². The third-order valence-electron chi connectivity index (χ3n) is 4.54. The molecule has 1 aromatic rings. The van der Waals surface area contributed by atoms with Crippen molar-refractivity contribution < 1.29 is 9.59 Å². The highest BCUT2D eigenvalue weighted by Gasteiger charge is 2.19. The molecule has 6 nitrogen and oxygen atoms in total. The largest absolute Gasteiger partial charge is 0.346 e. The fraction of sp³-hybridized carbons (Fsp3) is 0.556. The first-order valence-corrected chi connectivity index (χ1v) is 8.65. The first-order chi connectivity index (χ1) is 11.6. The number of carbonyl (C=O) groups excluding carboxylic acids is 2. The van der Waals surface area contributed by atoms with Gasteiger partial charge >= 0.3 is 0 Å². The first kappa shape index (κ1) is 24.7. The normalized spacial score (nSPS) is 14.1. The number of carbonyl (C=O) groups is 2. The fourth-order valence-corrected chi connectivity index (χ4v) is 3.15. The average Bonchev–Trinajstić information content (AvgIpc) is 2.62. The Hall–Kier alpha value is -1.34. The molecule has 0 saturated heterocycles. The molecule has 1 fully saturated rings. The maximum absolute atomic E-state index is 12.0. The van der Waals surface area contributed by atoms with Crippen molar-refractivity contribution in [1.82, 2.24) is 10.2 Å². The molecule has 0 aromatic heterocycles. The van der Waals surface area contributed by atoms with Gasteiger partial charge in [0.1, 0.15) is 0 Å². The molecule has 1 aliphatic rings. The minimum atomic E-state index is -0.338. The second kappa shape index (κ2) is 12.9. The molecule has 0 aliphatic heterocycles. The van der Waals surface area contributed by atoms with Crippen molar-refractivity contribution in [3.8, 4) is 0 Å². The monoisotopic (exact) mass is 404 g/mol. The zero-order chi connectivity index (χ0) is 17.4. The summed E-state index contributed by atoms with van der Waals surface area (Å²) in [6.07, 6.45) is 6.43. The van der Waals surface area contributed by atoms with Gasteiger partial charge in [-0.1, -0.05) is 37.5 Å². The Balaban J connectivity index is 0.00000312. The van der Waals surface area contributed by atoms with Gasteiger partial charge in [0.05, 0.1) is 13.1 Å². The Morgan fingerprint density at radius 2 is 1.77 bits per heavy atom. The van der Waals surface area contributed by atoms with E-state index in [2.05, 4.69) is 22.6 Å². The lowest BCUT2D eigenvalue weighted by Crippen LogP contribution is -2.37. The summed E-state index contributed by atoms with van der Waals surface area (Å²) in [7, 11) is 2.15. The molecular weight excluding hydrogens is 375 g/mol. The van der Waals surface area contributed by atoms with Crippen molar-refractivity contribution in [3.63, 3.8) is 0 Å². The lowest BCUT2D eigenvalue weighted by atomic mass is 9.94. The van der Waals surface area contributed by atoms with E-state index in [0.717, 1.165) is 17.8 Å². The Morgan fingerprint density at radius 3 is 2.42 bits per heavy atom. The van der Waals surface area contributed by atoms with Crippen LogP contribution in [0.3, 0.4) is 0 Å². The summed E-state index contributed by atoms with van der Waals surface area (Å²) >= 11 is 0. The second-order valence-electron chi connectivity index (χ2n) is 6.39. The van der Waals surface area contributed by atoms with Crippen LogP contribution in [0.4, 0.5) is 5.69 Å². The van der Waals surface area contributed by atoms with Gasteiger partial charge in [-0.05, 0) is 31.5 Å². The third kappa shape index (κ3) is 7.91. The van der Waals surface area contributed by atoms with Crippen LogP contribution in [0.15, 0.2) is 24.3 Å². The van der Waals surface area contributed by atoms with Gasteiger partial charge in [0.25, 0.3) is 0 Å². The predicted octanol–water partition coefficient (Wildman–Crippen LogP) is 2.31. The van der Waals surface area contributed by atoms with Gasteiger partial charge in [0.15, 0.2) is 0 Å². The van der Waals surface area contributed by atoms with E-state index < -0.39 is 0 Å². The van der Waals surface area contributed by atoms with Crippen LogP contribution in [-0.2, 0) is 16.1 Å². The van der Waals surface area contributed by atoms with Crippen molar-refractivity contribution in [2.45, 2.75) is 44.7 Å². The third-order valence-corrected chi connectivity index (χ3v) is 4.54. The van der Waals surface area contributed by atoms with Crippen LogP contribution in [0.1, 0.15) is 37.7 Å². The van der Waals surface area contributed by atoms with Crippen molar-refractivity contribution >= 4 is 42.3 Å². The highest BCUT2D eigenvalue weighted by molar-refractivity contribution is 5.95. The summed E-state index contributed by atoms with van der Waals surface area (Å²) in [5.74, 6) is -0.583. The zero-order valence-corrected chi connectivity index (χ0v) is 16.8. The SMILES string of the molecule is CN(Cc1ccccc1NC(=O)CNC(=O)CN)C1CCCCC1.Cl.Cl. The molecule has 8 heteroatoms. The van der Waals surface area contributed by atoms with Gasteiger partial charge in [-0.3, -0.25) is 14.5 Å². The zero-order valence-electron chi connectivity index (χ0n) is 15.2. The molecular formula is C18H30Cl2N4O2. The molecule has 0 spiro atoms. The molecule has 1 aliphatic carbocycles. The Morgan fingerprint density at radius 1 is 1.12 bits per heavy atom. The molecule has 148 valence electrons. The molecule has 2 rings (SSSR count). The number of nitrogens with one attached hydrogen (secondary N) is 2. The van der Waals surface area contributed by atoms with Gasteiger partial charge in [-0.25, -0.2) is 0 Å². The van der Waals surface area contributed by atoms with Crippen LogP contribution in [-0.4, -0.2) is 42.9 Å². The van der Waals surface area contributed by atoms with E-state index in [4.69, 9.17) is 5.73 Å². The fourth-order valence-electron chi connectivity index (χ4n) is 3.15. The molecule has 4 N–H and O–H groups in total. The first-order valence-electron chi connectivity index (χ1n) is 8.65. The molecule has 0 bridgehead atoms. The van der Waals surface area contributed by atoms with Gasteiger partial charge in [-0.2, -0.15) is 0 Å². The van der Waals surface area contributed by atoms with Crippen LogP contribution in [0.2, 0.25) is 0 Å². The van der Waals surface area contributed by atoms with Gasteiger partial charge < -0.3 is 16.4 Å². The van der Waals surface area contributed by atoms with Crippen molar-refractivity contribution in [3.05, 3.63) is 29.8 Å². The number of anilines is 1. The summed E-state index contributed by atoms with van der Waals surface area (Å²) in [6, 6.07) is 8.43. The van der Waals surface area contributed by atoms with E-state index in [9.17, 15) is 9.59 Å². The lowest BCUT2D eigenvalue weighted by Gasteiger charge is -2.31. The number of hydrogen-bond donors (Lipinski definition) is 3. The number of rotatable bonds is 7. The van der Waals surface area contributed by atoms with Gasteiger partial charge in [0.2, 0.25) is 11.8 Å². The standard InChI is InChI=1S/C18H28N4O2.2ClH/c1-22(15-8-3-2-4-9-15)13-14-7-5-6-10-16(14)21-18(24)12-20-17(23)11-19;;/h5-7,10,15H,2-4,8-9,11-13,19H2,1H3,(H,20,23)(H,21,24);2*1H. The number of para-hydroxylation sites is 1. The maximum Gasteiger partial charge on any atom is 0.243 e. The van der Waals surface area contributed by atoms with Crippen LogP contribution in [0, 0.1) is 0 Å². The van der Waals surface area contributed by atoms with Crippen LogP contribution in [0.25, 0.3) is 0 Å². The average molecular weight is 405 g/mol. The van der Waals surface area contributed by atoms with Crippen molar-refractivity contribution in [2.75, 3.05) is 25.5 Å². The number of benzene rings is 1. The number of nitrogens with zero attached hydrogens (tertiary/aromatic N) is 1. The second-order valence-corrected chi connectivity index (χ2v) is 6.39. The summed E-state index contributed by atoms with van der Waals surface area (Å²) in [5, 5.41) is 5.36. The van der Waals surface area contributed by atoms with E-state index in [1.54, 1.807) is 0 Å². The van der Waals surface area contributed by atoms with E-state index in [0.29, 0.717) is 6.04 Å². The molecule has 0 atom stereocenters. The molecule has 1 aromatic carbocycles. The summed E-state index contributed by atoms with van der Waals surface area (Å²) in [6.45, 7) is 0.620. The van der Waals surface area contributed by atoms with Crippen molar-refractivity contribution in [1.29, 1.82) is 0 Å². The molecule has 1 saturated carbocycles. The molecule has 0 unspecified atom stereocenters. The van der Waals surface area contributed by atoms with E-state index in [1.807, 2.05) is 24.3 Å². The minimum Gasteiger partial charge on any atom is -0.346 e. The Bertz CT molecular complexity index is 566. The quantitative estimate of drug-likeness (QED) is 0.650. The number of nitrogens with two attached hydrogens (primary N) is 1. The molecule has 0 heterocycles. The molecule has 0 radical (unpaired) electrons. The van der Waals surface area contributed by atoms with E-state index in [-0.39, 0.29) is 49.7 Å². The van der Waals surface area contributed by atoms with Crippen molar-refractivity contribution in [2.24, 2.45) is 5.73 Å². The summed E-state index contributed by atoms with van der Waals surface area (Å²) in [5.41, 5.74) is 7.10. The van der Waals surface area contributed by atoms with E-state index in [1.165, 1.54) is 32.1 Å². The lowest BCUT2D eigenvalue weighted by molar-refractivity contribution is -0.123. The highest BCUT2D eigenvalue weighted by atomic mass is 35.5. The van der Waals surface area contributed by atoms with Gasteiger partial charge in [0, 0.05) is 18.3 Å². The summed E-state index contributed by atoms with van der Waals surface area (Å²) in [4.78, 5) is 25.5. The van der Waals surface area contributed by atoms with Gasteiger partial charge in [-0.15, -0.1) is 24.8 Å². The Kier molecular flexibility index (Phi) is 12.3. The molecule has 26 heavy (non-hydrogen) atoms. The minimum absolute atomic E-state index is 0. The number of amides is 2. The predicted molar refractivity (Wildman–Crippen MR) is 110 cm³/mol. The van der Waals surface area contributed by atoms with E-state index >= 15 is 0 Å². The summed E-state index contributed by atoms with van der Waals surface area (Å²) < 4.78 is 0. The topological polar surface area (TPSA) is 87.5 Å². The number of hydrogen-bond acceptors (Lipinski definition) is 4. The number of halogens is 2. The molecule has 2 amide bonds. The smallest absolute Gasteiger partial charge is 0.243 e. The maximum atomic E-state index is 12.0. The Labute approximate surface area is 168 Å². The van der Waals surface area contributed by atoms with Crippen LogP contribution in [0.5, 0.6) is 0 Å². The van der Waals surface area contributed by atoms with Crippen LogP contribution >= 0.6 is 24.8 Å². The highest BCUT2D eigenvalue weighted by Crippen LogP contribution is 2.24.